The molecule has 1 aliphatic heterocycles. The molecule has 0 bridgehead atoms. The van der Waals surface area contributed by atoms with Gasteiger partial charge in [-0.05, 0) is 26.0 Å². The van der Waals surface area contributed by atoms with E-state index in [4.69, 9.17) is 4.74 Å². The van der Waals surface area contributed by atoms with Crippen LogP contribution in [0, 0.1) is 0 Å². The molecule has 0 radical (unpaired) electrons. The SMILES string of the molecule is CC1(C)OC(=O)n2c1cc1ccccc12. The Labute approximate surface area is 87.3 Å². The van der Waals surface area contributed by atoms with Gasteiger partial charge in [-0.25, -0.2) is 9.36 Å². The highest BCUT2D eigenvalue weighted by molar-refractivity contribution is 5.93. The van der Waals surface area contributed by atoms with Crippen molar-refractivity contribution in [2.45, 2.75) is 19.4 Å². The Kier molecular flexibility index (Phi) is 1.38. The van der Waals surface area contributed by atoms with Crippen LogP contribution in [0.5, 0.6) is 0 Å². The first-order valence-corrected chi connectivity index (χ1v) is 4.94. The van der Waals surface area contributed by atoms with E-state index in [0.29, 0.717) is 0 Å². The molecule has 2 aromatic rings. The van der Waals surface area contributed by atoms with E-state index < -0.39 is 5.60 Å². The van der Waals surface area contributed by atoms with E-state index in [0.717, 1.165) is 16.6 Å². The van der Waals surface area contributed by atoms with Crippen molar-refractivity contribution >= 4 is 17.0 Å². The van der Waals surface area contributed by atoms with Gasteiger partial charge in [-0.2, -0.15) is 0 Å². The molecular weight excluding hydrogens is 190 g/mol. The second-order valence-electron chi connectivity index (χ2n) is 4.30. The Hall–Kier alpha value is -1.77. The number of para-hydroxylation sites is 1. The third-order valence-electron chi connectivity index (χ3n) is 2.85. The van der Waals surface area contributed by atoms with E-state index >= 15 is 0 Å². The number of hydrogen-bond acceptors (Lipinski definition) is 2. The van der Waals surface area contributed by atoms with Crippen molar-refractivity contribution in [1.29, 1.82) is 0 Å². The maximum Gasteiger partial charge on any atom is 0.419 e. The summed E-state index contributed by atoms with van der Waals surface area (Å²) in [5.74, 6) is 0. The molecule has 0 saturated heterocycles. The van der Waals surface area contributed by atoms with Crippen LogP contribution in [0.25, 0.3) is 10.9 Å². The number of nitrogens with zero attached hydrogens (tertiary/aromatic N) is 1. The van der Waals surface area contributed by atoms with Crippen LogP contribution in [0.15, 0.2) is 30.3 Å². The van der Waals surface area contributed by atoms with Crippen LogP contribution in [-0.2, 0) is 10.3 Å². The summed E-state index contributed by atoms with van der Waals surface area (Å²) in [5.41, 5.74) is 1.33. The molecule has 3 heteroatoms. The van der Waals surface area contributed by atoms with Gasteiger partial charge in [0, 0.05) is 5.39 Å². The van der Waals surface area contributed by atoms with Crippen LogP contribution < -0.4 is 0 Å². The fourth-order valence-corrected chi connectivity index (χ4v) is 2.11. The summed E-state index contributed by atoms with van der Waals surface area (Å²) in [4.78, 5) is 11.7. The standard InChI is InChI=1S/C12H11NO2/c1-12(2)10-7-8-5-3-4-6-9(8)13(10)11(14)15-12/h3-7H,1-2H3. The number of carbonyl (C=O) groups excluding carboxylic acids is 1. The average molecular weight is 201 g/mol. The van der Waals surface area contributed by atoms with Crippen LogP contribution in [0.4, 0.5) is 4.79 Å². The summed E-state index contributed by atoms with van der Waals surface area (Å²) >= 11 is 0. The van der Waals surface area contributed by atoms with Gasteiger partial charge < -0.3 is 4.74 Å². The molecule has 0 atom stereocenters. The predicted molar refractivity (Wildman–Crippen MR) is 56.8 cm³/mol. The lowest BCUT2D eigenvalue weighted by Gasteiger charge is -2.14. The first-order chi connectivity index (χ1) is 7.09. The van der Waals surface area contributed by atoms with E-state index in [-0.39, 0.29) is 6.09 Å². The summed E-state index contributed by atoms with van der Waals surface area (Å²) in [5, 5.41) is 1.08. The van der Waals surface area contributed by atoms with Gasteiger partial charge in [0.25, 0.3) is 0 Å². The highest BCUT2D eigenvalue weighted by Gasteiger charge is 2.38. The zero-order valence-electron chi connectivity index (χ0n) is 8.65. The van der Waals surface area contributed by atoms with E-state index in [1.807, 2.05) is 44.2 Å². The summed E-state index contributed by atoms with van der Waals surface area (Å²) in [7, 11) is 0. The maximum absolute atomic E-state index is 11.7. The molecule has 0 unspecified atom stereocenters. The molecule has 1 aromatic heterocycles. The number of ether oxygens (including phenoxy) is 1. The molecule has 1 aliphatic rings. The van der Waals surface area contributed by atoms with Crippen molar-refractivity contribution < 1.29 is 9.53 Å². The van der Waals surface area contributed by atoms with Crippen molar-refractivity contribution in [3.63, 3.8) is 0 Å². The number of fused-ring (bicyclic) bond motifs is 3. The zero-order valence-corrected chi connectivity index (χ0v) is 8.65. The van der Waals surface area contributed by atoms with Crippen molar-refractivity contribution in [3.05, 3.63) is 36.0 Å². The molecule has 3 nitrogen and oxygen atoms in total. The number of cyclic esters (lactones) is 1. The normalized spacial score (nSPS) is 17.9. The van der Waals surface area contributed by atoms with Gasteiger partial charge in [0.05, 0.1) is 11.2 Å². The van der Waals surface area contributed by atoms with Crippen LogP contribution in [-0.4, -0.2) is 10.7 Å². The summed E-state index contributed by atoms with van der Waals surface area (Å²) in [6, 6.07) is 9.84. The van der Waals surface area contributed by atoms with Gasteiger partial charge in [0.1, 0.15) is 5.60 Å². The van der Waals surface area contributed by atoms with Gasteiger partial charge in [-0.1, -0.05) is 18.2 Å². The second-order valence-corrected chi connectivity index (χ2v) is 4.30. The van der Waals surface area contributed by atoms with Crippen LogP contribution in [0.1, 0.15) is 19.5 Å². The first-order valence-electron chi connectivity index (χ1n) is 4.94. The molecule has 0 saturated carbocycles. The Morgan fingerprint density at radius 2 is 2.00 bits per heavy atom. The third kappa shape index (κ3) is 0.975. The second kappa shape index (κ2) is 2.42. The molecular formula is C12H11NO2. The molecule has 1 aromatic carbocycles. The fourth-order valence-electron chi connectivity index (χ4n) is 2.11. The minimum absolute atomic E-state index is 0.281. The van der Waals surface area contributed by atoms with Gasteiger partial charge in [0.15, 0.2) is 0 Å². The average Bonchev–Trinajstić information content (AvgIpc) is 2.64. The molecule has 2 heterocycles. The maximum atomic E-state index is 11.7. The topological polar surface area (TPSA) is 31.2 Å². The quantitative estimate of drug-likeness (QED) is 0.656. The highest BCUT2D eigenvalue weighted by Crippen LogP contribution is 2.36. The smallest absolute Gasteiger partial charge is 0.419 e. The summed E-state index contributed by atoms with van der Waals surface area (Å²) in [6.45, 7) is 3.81. The number of benzene rings is 1. The van der Waals surface area contributed by atoms with Gasteiger partial charge >= 0.3 is 6.09 Å². The minimum atomic E-state index is -0.518. The number of rotatable bonds is 0. The van der Waals surface area contributed by atoms with E-state index in [2.05, 4.69) is 0 Å². The van der Waals surface area contributed by atoms with Gasteiger partial charge in [0.2, 0.25) is 0 Å². The Morgan fingerprint density at radius 1 is 1.27 bits per heavy atom. The van der Waals surface area contributed by atoms with Gasteiger partial charge in [-0.3, -0.25) is 0 Å². The molecule has 0 aliphatic carbocycles. The molecule has 0 spiro atoms. The molecule has 76 valence electrons. The van der Waals surface area contributed by atoms with Gasteiger partial charge in [-0.15, -0.1) is 0 Å². The monoisotopic (exact) mass is 201 g/mol. The third-order valence-corrected chi connectivity index (χ3v) is 2.85. The summed E-state index contributed by atoms with van der Waals surface area (Å²) < 4.78 is 6.94. The predicted octanol–water partition coefficient (Wildman–Crippen LogP) is 2.87. The van der Waals surface area contributed by atoms with Crippen molar-refractivity contribution in [3.8, 4) is 0 Å². The lowest BCUT2D eigenvalue weighted by atomic mass is 10.1. The van der Waals surface area contributed by atoms with Crippen LogP contribution in [0.3, 0.4) is 0 Å². The number of hydrogen-bond donors (Lipinski definition) is 0. The largest absolute Gasteiger partial charge is 0.436 e. The number of carbonyl (C=O) groups is 1. The molecule has 0 amide bonds. The Morgan fingerprint density at radius 3 is 2.80 bits per heavy atom. The Balaban J connectivity index is 2.44. The van der Waals surface area contributed by atoms with E-state index in [9.17, 15) is 4.79 Å². The van der Waals surface area contributed by atoms with Crippen LogP contribution in [0.2, 0.25) is 0 Å². The van der Waals surface area contributed by atoms with E-state index in [1.54, 1.807) is 4.57 Å². The molecule has 3 rings (SSSR count). The summed E-state index contributed by atoms with van der Waals surface area (Å²) in [6.07, 6.45) is -0.281. The Bertz CT molecular complexity index is 566. The highest BCUT2D eigenvalue weighted by atomic mass is 16.6. The lowest BCUT2D eigenvalue weighted by molar-refractivity contribution is 0.0633. The molecule has 15 heavy (non-hydrogen) atoms. The number of aromatic nitrogens is 1. The molecule has 0 fully saturated rings. The first kappa shape index (κ1) is 8.53. The zero-order chi connectivity index (χ0) is 10.6. The van der Waals surface area contributed by atoms with Crippen molar-refractivity contribution in [1.82, 2.24) is 4.57 Å². The van der Waals surface area contributed by atoms with Crippen molar-refractivity contribution in [2.75, 3.05) is 0 Å². The van der Waals surface area contributed by atoms with Crippen molar-refractivity contribution in [2.24, 2.45) is 0 Å². The fraction of sp³-hybridized carbons (Fsp3) is 0.250. The molecule has 0 N–H and O–H groups in total. The minimum Gasteiger partial charge on any atom is -0.436 e. The van der Waals surface area contributed by atoms with E-state index in [1.165, 1.54) is 0 Å². The lowest BCUT2D eigenvalue weighted by Crippen LogP contribution is -2.15. The van der Waals surface area contributed by atoms with Crippen LogP contribution >= 0.6 is 0 Å².